The minimum absolute atomic E-state index is 0. The molecule has 0 saturated heterocycles. The van der Waals surface area contributed by atoms with Gasteiger partial charge in [0.1, 0.15) is 0 Å². The van der Waals surface area contributed by atoms with Crippen LogP contribution in [0.3, 0.4) is 0 Å². The van der Waals surface area contributed by atoms with Crippen molar-refractivity contribution in [1.82, 2.24) is 9.97 Å². The van der Waals surface area contributed by atoms with Crippen molar-refractivity contribution in [3.8, 4) is 0 Å². The smallest absolute Gasteiger partial charge is 0.320 e. The van der Waals surface area contributed by atoms with E-state index in [9.17, 15) is 4.79 Å². The lowest BCUT2D eigenvalue weighted by Crippen LogP contribution is -2.12. The van der Waals surface area contributed by atoms with Gasteiger partial charge in [0.15, 0.2) is 0 Å². The quantitative estimate of drug-likeness (QED) is 0.692. The van der Waals surface area contributed by atoms with Gasteiger partial charge in [0.2, 0.25) is 0 Å². The predicted molar refractivity (Wildman–Crippen MR) is 92.7 cm³/mol. The van der Waals surface area contributed by atoms with Crippen molar-refractivity contribution in [3.63, 3.8) is 0 Å². The molecular formula is C17H20ClN3O. The number of aromatic nitrogens is 2. The van der Waals surface area contributed by atoms with Gasteiger partial charge in [-0.3, -0.25) is 0 Å². The Morgan fingerprint density at radius 2 is 1.59 bits per heavy atom. The van der Waals surface area contributed by atoms with E-state index < -0.39 is 0 Å². The highest BCUT2D eigenvalue weighted by atomic mass is 35.5. The number of benzene rings is 2. The normalized spacial score (nSPS) is 12.4. The van der Waals surface area contributed by atoms with E-state index in [0.717, 1.165) is 22.2 Å². The summed E-state index contributed by atoms with van der Waals surface area (Å²) in [5.41, 5.74) is 11.0. The van der Waals surface area contributed by atoms with Crippen molar-refractivity contribution in [2.24, 2.45) is 5.73 Å². The van der Waals surface area contributed by atoms with Crippen molar-refractivity contribution < 1.29 is 0 Å². The number of fused-ring (bicyclic) bond motifs is 1. The van der Waals surface area contributed by atoms with E-state index in [1.54, 1.807) is 0 Å². The first-order chi connectivity index (χ1) is 10.1. The molecule has 4 nitrogen and oxygen atoms in total. The minimum atomic E-state index is -0.263. The zero-order valence-electron chi connectivity index (χ0n) is 12.6. The van der Waals surface area contributed by atoms with Gasteiger partial charge in [-0.2, -0.15) is 0 Å². The summed E-state index contributed by atoms with van der Waals surface area (Å²) in [5.74, 6) is 0.500. The lowest BCUT2D eigenvalue weighted by atomic mass is 9.95. The second-order valence-electron chi connectivity index (χ2n) is 5.65. The van der Waals surface area contributed by atoms with Crippen LogP contribution < -0.4 is 11.4 Å². The van der Waals surface area contributed by atoms with Crippen LogP contribution in [0.25, 0.3) is 11.0 Å². The maximum atomic E-state index is 11.5. The van der Waals surface area contributed by atoms with Crippen LogP contribution in [0.2, 0.25) is 0 Å². The molecule has 2 aromatic carbocycles. The van der Waals surface area contributed by atoms with E-state index >= 15 is 0 Å². The second kappa shape index (κ2) is 6.38. The van der Waals surface area contributed by atoms with Gasteiger partial charge >= 0.3 is 5.69 Å². The summed E-state index contributed by atoms with van der Waals surface area (Å²) in [4.78, 5) is 17.0. The van der Waals surface area contributed by atoms with E-state index in [2.05, 4.69) is 48.1 Å². The fourth-order valence-corrected chi connectivity index (χ4v) is 2.61. The predicted octanol–water partition coefficient (Wildman–Crippen LogP) is 3.45. The molecule has 5 heteroatoms. The fourth-order valence-electron chi connectivity index (χ4n) is 2.61. The number of hydrogen-bond acceptors (Lipinski definition) is 2. The molecule has 0 aliphatic heterocycles. The van der Waals surface area contributed by atoms with Gasteiger partial charge in [0.05, 0.1) is 17.1 Å². The summed E-state index contributed by atoms with van der Waals surface area (Å²) in [6.07, 6.45) is 0. The summed E-state index contributed by atoms with van der Waals surface area (Å²) in [7, 11) is 0. The molecule has 3 rings (SSSR count). The number of H-pyrrole nitrogens is 2. The van der Waals surface area contributed by atoms with Crippen LogP contribution in [-0.4, -0.2) is 9.97 Å². The molecule has 0 aliphatic rings. The molecule has 116 valence electrons. The van der Waals surface area contributed by atoms with Gasteiger partial charge in [0.25, 0.3) is 0 Å². The lowest BCUT2D eigenvalue weighted by molar-refractivity contribution is 0.850. The number of nitrogens with one attached hydrogen (secondary N) is 2. The summed E-state index contributed by atoms with van der Waals surface area (Å²) in [5, 5.41) is 0. The summed E-state index contributed by atoms with van der Waals surface area (Å²) in [6, 6.07) is 13.8. The average molecular weight is 318 g/mol. The highest BCUT2D eigenvalue weighted by Crippen LogP contribution is 2.26. The Balaban J connectivity index is 0.00000176. The van der Waals surface area contributed by atoms with Crippen molar-refractivity contribution >= 4 is 23.4 Å². The SMILES string of the molecule is CC(C)c1ccc(C(N)c2cccc3[nH]c(=O)[nH]c23)cc1.Cl. The highest BCUT2D eigenvalue weighted by Gasteiger charge is 2.14. The third kappa shape index (κ3) is 2.93. The lowest BCUT2D eigenvalue weighted by Gasteiger charge is -2.15. The minimum Gasteiger partial charge on any atom is -0.320 e. The van der Waals surface area contributed by atoms with Crippen LogP contribution >= 0.6 is 12.4 Å². The largest absolute Gasteiger partial charge is 0.323 e. The van der Waals surface area contributed by atoms with Crippen molar-refractivity contribution in [2.45, 2.75) is 25.8 Å². The molecule has 4 N–H and O–H groups in total. The third-order valence-corrected chi connectivity index (χ3v) is 3.88. The maximum absolute atomic E-state index is 11.5. The van der Waals surface area contributed by atoms with Crippen molar-refractivity contribution in [1.29, 1.82) is 0 Å². The Kier molecular flexibility index (Phi) is 4.74. The standard InChI is InChI=1S/C17H19N3O.ClH/c1-10(2)11-6-8-12(9-7-11)15(18)13-4-3-5-14-16(13)20-17(21)19-14;/h3-10,15H,18H2,1-2H3,(H2,19,20,21);1H. The second-order valence-corrected chi connectivity index (χ2v) is 5.65. The molecule has 22 heavy (non-hydrogen) atoms. The molecule has 0 bridgehead atoms. The third-order valence-electron chi connectivity index (χ3n) is 3.88. The number of halogens is 1. The van der Waals surface area contributed by atoms with Gasteiger partial charge in [-0.25, -0.2) is 4.79 Å². The van der Waals surface area contributed by atoms with Gasteiger partial charge in [0, 0.05) is 0 Å². The Bertz CT molecular complexity index is 818. The molecule has 1 heterocycles. The van der Waals surface area contributed by atoms with Gasteiger partial charge in [-0.05, 0) is 28.7 Å². The fraction of sp³-hybridized carbons (Fsp3) is 0.235. The number of hydrogen-bond donors (Lipinski definition) is 3. The summed E-state index contributed by atoms with van der Waals surface area (Å²) in [6.45, 7) is 4.33. The monoisotopic (exact) mass is 317 g/mol. The number of aromatic amines is 2. The molecule has 1 aromatic heterocycles. The van der Waals surface area contributed by atoms with Crippen LogP contribution in [-0.2, 0) is 0 Å². The molecule has 0 amide bonds. The number of nitrogens with two attached hydrogens (primary N) is 1. The Labute approximate surface area is 135 Å². The molecule has 0 fully saturated rings. The summed E-state index contributed by atoms with van der Waals surface area (Å²) >= 11 is 0. The van der Waals surface area contributed by atoms with Crippen molar-refractivity contribution in [3.05, 3.63) is 69.6 Å². The van der Waals surface area contributed by atoms with Crippen LogP contribution in [0.5, 0.6) is 0 Å². The van der Waals surface area contributed by atoms with E-state index in [4.69, 9.17) is 5.73 Å². The van der Waals surface area contributed by atoms with Crippen molar-refractivity contribution in [2.75, 3.05) is 0 Å². The molecule has 1 atom stereocenters. The van der Waals surface area contributed by atoms with Gasteiger partial charge < -0.3 is 15.7 Å². The average Bonchev–Trinajstić information content (AvgIpc) is 2.86. The van der Waals surface area contributed by atoms with E-state index in [-0.39, 0.29) is 24.1 Å². The first-order valence-corrected chi connectivity index (χ1v) is 7.12. The molecule has 0 saturated carbocycles. The van der Waals surface area contributed by atoms with Crippen LogP contribution in [0.15, 0.2) is 47.3 Å². The molecule has 3 aromatic rings. The Morgan fingerprint density at radius 1 is 0.955 bits per heavy atom. The van der Waals surface area contributed by atoms with E-state index in [1.807, 2.05) is 18.2 Å². The summed E-state index contributed by atoms with van der Waals surface area (Å²) < 4.78 is 0. The molecular weight excluding hydrogens is 298 g/mol. The maximum Gasteiger partial charge on any atom is 0.323 e. The first kappa shape index (κ1) is 16.3. The van der Waals surface area contributed by atoms with Crippen LogP contribution in [0.1, 0.15) is 42.5 Å². The van der Waals surface area contributed by atoms with Gasteiger partial charge in [-0.1, -0.05) is 50.2 Å². The molecule has 0 spiro atoms. The zero-order valence-corrected chi connectivity index (χ0v) is 13.4. The van der Waals surface area contributed by atoms with Gasteiger partial charge in [-0.15, -0.1) is 12.4 Å². The zero-order chi connectivity index (χ0) is 15.0. The number of imidazole rings is 1. The Morgan fingerprint density at radius 3 is 2.23 bits per heavy atom. The van der Waals surface area contributed by atoms with Crippen LogP contribution in [0, 0.1) is 0 Å². The van der Waals surface area contributed by atoms with E-state index in [0.29, 0.717) is 5.92 Å². The number of para-hydroxylation sites is 1. The highest BCUT2D eigenvalue weighted by molar-refractivity contribution is 5.85. The first-order valence-electron chi connectivity index (χ1n) is 7.12. The van der Waals surface area contributed by atoms with Crippen LogP contribution in [0.4, 0.5) is 0 Å². The molecule has 1 unspecified atom stereocenters. The Hall–Kier alpha value is -2.04. The molecule has 0 aliphatic carbocycles. The molecule has 0 radical (unpaired) electrons. The number of rotatable bonds is 3. The topological polar surface area (TPSA) is 74.7 Å². The van der Waals surface area contributed by atoms with E-state index in [1.165, 1.54) is 5.56 Å².